The van der Waals surface area contributed by atoms with E-state index >= 15 is 0 Å². The molecule has 0 saturated heterocycles. The van der Waals surface area contributed by atoms with Gasteiger partial charge in [0.05, 0.1) is 18.8 Å². The van der Waals surface area contributed by atoms with Gasteiger partial charge in [0.15, 0.2) is 0 Å². The summed E-state index contributed by atoms with van der Waals surface area (Å²) < 4.78 is 6.10. The minimum atomic E-state index is -0.748. The number of carbonyl (C=O) groups excluding carboxylic acids is 1. The molecule has 1 aliphatic carbocycles. The van der Waals surface area contributed by atoms with Gasteiger partial charge in [0, 0.05) is 17.6 Å². The molecule has 1 fully saturated rings. The highest BCUT2D eigenvalue weighted by molar-refractivity contribution is 6.50. The van der Waals surface area contributed by atoms with Gasteiger partial charge in [-0.1, -0.05) is 41.9 Å². The largest absolute Gasteiger partial charge is 0.462 e. The van der Waals surface area contributed by atoms with Crippen molar-refractivity contribution in [2.45, 2.75) is 24.2 Å². The molecule has 132 valence electrons. The first-order valence-electron chi connectivity index (χ1n) is 7.86. The molecule has 0 spiro atoms. The summed E-state index contributed by atoms with van der Waals surface area (Å²) in [5.41, 5.74) is 2.54. The second kappa shape index (κ2) is 7.40. The van der Waals surface area contributed by atoms with Crippen LogP contribution in [0.2, 0.25) is 5.15 Å². The van der Waals surface area contributed by atoms with Crippen LogP contribution in [0.5, 0.6) is 0 Å². The van der Waals surface area contributed by atoms with Crippen molar-refractivity contribution in [2.75, 3.05) is 6.61 Å². The average molecular weight is 400 g/mol. The molecule has 0 amide bonds. The van der Waals surface area contributed by atoms with E-state index in [9.17, 15) is 4.79 Å². The Morgan fingerprint density at radius 1 is 1.40 bits per heavy atom. The van der Waals surface area contributed by atoms with E-state index in [1.165, 1.54) is 6.08 Å². The second-order valence-electron chi connectivity index (χ2n) is 6.06. The van der Waals surface area contributed by atoms with Crippen LogP contribution < -0.4 is 0 Å². The fourth-order valence-electron chi connectivity index (χ4n) is 2.45. The summed E-state index contributed by atoms with van der Waals surface area (Å²) in [6, 6.07) is 9.90. The average Bonchev–Trinajstić information content (AvgIpc) is 3.10. The van der Waals surface area contributed by atoms with Gasteiger partial charge in [-0.2, -0.15) is 5.10 Å². The zero-order valence-corrected chi connectivity index (χ0v) is 15.9. The van der Waals surface area contributed by atoms with Gasteiger partial charge in [0.1, 0.15) is 9.49 Å². The van der Waals surface area contributed by atoms with Gasteiger partial charge in [-0.05, 0) is 25.0 Å². The summed E-state index contributed by atoms with van der Waals surface area (Å²) >= 11 is 18.2. The van der Waals surface area contributed by atoms with Crippen molar-refractivity contribution in [2.24, 2.45) is 5.92 Å². The number of aryl methyl sites for hydroxylation is 1. The Bertz CT molecular complexity index is 800. The maximum Gasteiger partial charge on any atom is 0.330 e. The molecule has 1 aromatic heterocycles. The highest BCUT2D eigenvalue weighted by atomic mass is 35.5. The number of ether oxygens (including phenoxy) is 1. The minimum absolute atomic E-state index is 0.00660. The lowest BCUT2D eigenvalue weighted by Crippen LogP contribution is -2.06. The first-order valence-corrected chi connectivity index (χ1v) is 8.99. The molecule has 4 nitrogen and oxygen atoms in total. The molecule has 0 bridgehead atoms. The van der Waals surface area contributed by atoms with Crippen LogP contribution in [0.4, 0.5) is 0 Å². The van der Waals surface area contributed by atoms with Crippen molar-refractivity contribution in [3.63, 3.8) is 0 Å². The van der Waals surface area contributed by atoms with Crippen molar-refractivity contribution < 1.29 is 9.53 Å². The maximum atomic E-state index is 11.8. The van der Waals surface area contributed by atoms with Gasteiger partial charge < -0.3 is 4.74 Å². The van der Waals surface area contributed by atoms with Crippen LogP contribution in [0.15, 0.2) is 36.4 Å². The van der Waals surface area contributed by atoms with E-state index in [1.54, 1.807) is 10.8 Å². The third-order valence-electron chi connectivity index (χ3n) is 4.05. The fraction of sp³-hybridized carbons (Fsp3) is 0.333. The number of rotatable bonds is 6. The fourth-order valence-corrected chi connectivity index (χ4v) is 3.25. The van der Waals surface area contributed by atoms with Gasteiger partial charge in [-0.25, -0.2) is 9.48 Å². The van der Waals surface area contributed by atoms with Gasteiger partial charge in [0.2, 0.25) is 0 Å². The van der Waals surface area contributed by atoms with E-state index in [-0.39, 0.29) is 12.5 Å². The van der Waals surface area contributed by atoms with Gasteiger partial charge in [0.25, 0.3) is 0 Å². The normalized spacial score (nSPS) is 18.5. The van der Waals surface area contributed by atoms with Crippen LogP contribution in [0.1, 0.15) is 23.2 Å². The number of hydrogen-bond donors (Lipinski definition) is 0. The summed E-state index contributed by atoms with van der Waals surface area (Å²) in [5, 5.41) is 4.91. The molecule has 3 rings (SSSR count). The predicted molar refractivity (Wildman–Crippen MR) is 100 cm³/mol. The summed E-state index contributed by atoms with van der Waals surface area (Å²) in [7, 11) is 0. The summed E-state index contributed by atoms with van der Waals surface area (Å²) in [4.78, 5) is 11.8. The first-order chi connectivity index (χ1) is 11.9. The molecule has 0 unspecified atom stereocenters. The molecule has 0 aliphatic heterocycles. The molecule has 1 aromatic carbocycles. The van der Waals surface area contributed by atoms with E-state index in [0.29, 0.717) is 23.7 Å². The van der Waals surface area contributed by atoms with E-state index < -0.39 is 10.3 Å². The van der Waals surface area contributed by atoms with Gasteiger partial charge in [-0.15, -0.1) is 23.2 Å². The van der Waals surface area contributed by atoms with Crippen molar-refractivity contribution in [1.82, 2.24) is 9.78 Å². The van der Waals surface area contributed by atoms with Crippen LogP contribution in [-0.2, 0) is 16.1 Å². The predicted octanol–water partition coefficient (Wildman–Crippen LogP) is 4.64. The van der Waals surface area contributed by atoms with Crippen LogP contribution in [0.3, 0.4) is 0 Å². The lowest BCUT2D eigenvalue weighted by atomic mass is 10.2. The Morgan fingerprint density at radius 2 is 2.08 bits per heavy atom. The Hall–Kier alpha value is -1.49. The second-order valence-corrected chi connectivity index (χ2v) is 7.96. The summed E-state index contributed by atoms with van der Waals surface area (Å²) in [6.07, 6.45) is 3.61. The molecule has 1 aliphatic rings. The molecular weight excluding hydrogens is 383 g/mol. The molecule has 0 N–H and O–H groups in total. The number of esters is 1. The van der Waals surface area contributed by atoms with Crippen molar-refractivity contribution >= 4 is 46.8 Å². The topological polar surface area (TPSA) is 44.1 Å². The third-order valence-corrected chi connectivity index (χ3v) is 5.38. The first kappa shape index (κ1) is 18.3. The van der Waals surface area contributed by atoms with Crippen molar-refractivity contribution in [1.29, 1.82) is 0 Å². The van der Waals surface area contributed by atoms with Crippen molar-refractivity contribution in [3.05, 3.63) is 58.4 Å². The Morgan fingerprint density at radius 3 is 2.72 bits per heavy atom. The molecule has 2 aromatic rings. The number of carbonyl (C=O) groups is 1. The smallest absolute Gasteiger partial charge is 0.330 e. The Balaban J connectivity index is 1.63. The Labute approximate surface area is 161 Å². The monoisotopic (exact) mass is 398 g/mol. The van der Waals surface area contributed by atoms with Gasteiger partial charge in [-0.3, -0.25) is 0 Å². The number of hydrogen-bond acceptors (Lipinski definition) is 3. The molecular formula is C18H17Cl3N2O2. The molecule has 1 saturated carbocycles. The van der Waals surface area contributed by atoms with E-state index in [1.807, 2.05) is 37.3 Å². The lowest BCUT2D eigenvalue weighted by Gasteiger charge is -2.03. The molecule has 1 heterocycles. The Kier molecular flexibility index (Phi) is 5.42. The van der Waals surface area contributed by atoms with Gasteiger partial charge >= 0.3 is 5.97 Å². The van der Waals surface area contributed by atoms with Crippen molar-refractivity contribution in [3.8, 4) is 0 Å². The molecule has 7 heteroatoms. The highest BCUT2D eigenvalue weighted by Crippen LogP contribution is 2.53. The summed E-state index contributed by atoms with van der Waals surface area (Å²) in [6.45, 7) is 2.63. The zero-order valence-electron chi connectivity index (χ0n) is 13.6. The van der Waals surface area contributed by atoms with Crippen LogP contribution >= 0.6 is 34.8 Å². The van der Waals surface area contributed by atoms with E-state index in [0.717, 1.165) is 11.3 Å². The van der Waals surface area contributed by atoms with Crippen LogP contribution in [0.25, 0.3) is 6.08 Å². The van der Waals surface area contributed by atoms with E-state index in [4.69, 9.17) is 39.5 Å². The number of halogens is 3. The highest BCUT2D eigenvalue weighted by Gasteiger charge is 2.52. The zero-order chi connectivity index (χ0) is 18.0. The molecule has 1 atom stereocenters. The number of benzene rings is 1. The molecule has 25 heavy (non-hydrogen) atoms. The number of nitrogens with zero attached hydrogens (tertiary/aromatic N) is 2. The summed E-state index contributed by atoms with van der Waals surface area (Å²) in [5.74, 6) is -0.450. The molecule has 0 radical (unpaired) electrons. The van der Waals surface area contributed by atoms with Crippen LogP contribution in [0, 0.1) is 12.8 Å². The lowest BCUT2D eigenvalue weighted by molar-refractivity contribution is -0.138. The standard InChI is InChI=1S/C18H17Cl3N2O2/c1-12-15(7-8-16(24)25-11-14-9-18(14,20)21)17(19)23(22-12)10-13-5-3-2-4-6-13/h2-8,14H,9-11H2,1H3/b8-7+/t14-/m1/s1. The van der Waals surface area contributed by atoms with E-state index in [2.05, 4.69) is 5.10 Å². The third kappa shape index (κ3) is 4.57. The van der Waals surface area contributed by atoms with Crippen LogP contribution in [-0.4, -0.2) is 26.7 Å². The minimum Gasteiger partial charge on any atom is -0.462 e. The SMILES string of the molecule is Cc1nn(Cc2ccccc2)c(Cl)c1/C=C/C(=O)OC[C@H]1CC1(Cl)Cl. The number of alkyl halides is 2. The maximum absolute atomic E-state index is 11.8. The quantitative estimate of drug-likeness (QED) is 0.404. The number of aromatic nitrogens is 2.